The van der Waals surface area contributed by atoms with E-state index >= 15 is 0 Å². The number of amides is 1. The highest BCUT2D eigenvalue weighted by Crippen LogP contribution is 2.38. The predicted octanol–water partition coefficient (Wildman–Crippen LogP) is 3.07. The fourth-order valence-electron chi connectivity index (χ4n) is 4.58. The van der Waals surface area contributed by atoms with Gasteiger partial charge in [0.25, 0.3) is 5.56 Å². The van der Waals surface area contributed by atoms with Crippen LogP contribution in [0.1, 0.15) is 52.0 Å². The molecule has 2 aliphatic carbocycles. The summed E-state index contributed by atoms with van der Waals surface area (Å²) in [7, 11) is 0. The van der Waals surface area contributed by atoms with Gasteiger partial charge in [0.15, 0.2) is 0 Å². The summed E-state index contributed by atoms with van der Waals surface area (Å²) in [4.78, 5) is 42.0. The molecule has 2 heterocycles. The summed E-state index contributed by atoms with van der Waals surface area (Å²) in [5.41, 5.74) is 0.354. The van der Waals surface area contributed by atoms with E-state index in [-0.39, 0.29) is 34.8 Å². The van der Waals surface area contributed by atoms with Crippen molar-refractivity contribution in [3.8, 4) is 0 Å². The van der Waals surface area contributed by atoms with Gasteiger partial charge in [0.05, 0.1) is 16.9 Å². The van der Waals surface area contributed by atoms with E-state index in [1.165, 1.54) is 10.6 Å². The predicted molar refractivity (Wildman–Crippen MR) is 127 cm³/mol. The van der Waals surface area contributed by atoms with Crippen LogP contribution in [0.25, 0.3) is 10.9 Å². The molecule has 2 aromatic rings. The number of hydrogen-bond acceptors (Lipinski definition) is 5. The second-order valence-electron chi connectivity index (χ2n) is 9.89. The van der Waals surface area contributed by atoms with Crippen LogP contribution in [-0.4, -0.2) is 38.1 Å². The molecule has 3 aliphatic rings. The van der Waals surface area contributed by atoms with Crippen LogP contribution in [0, 0.1) is 5.92 Å². The fraction of sp³-hybridized carbons (Fsp3) is 0.542. The summed E-state index contributed by atoms with van der Waals surface area (Å²) in [6.45, 7) is 8.72. The van der Waals surface area contributed by atoms with Gasteiger partial charge in [-0.3, -0.25) is 23.4 Å². The second-order valence-corrected chi connectivity index (χ2v) is 10.8. The Balaban J connectivity index is 1.58. The van der Waals surface area contributed by atoms with E-state index in [2.05, 4.69) is 18.2 Å². The van der Waals surface area contributed by atoms with Crippen LogP contribution in [0.3, 0.4) is 0 Å². The smallest absolute Gasteiger partial charge is 0.331 e. The molecule has 1 aliphatic heterocycles. The lowest BCUT2D eigenvalue weighted by atomic mass is 10.1. The molecule has 2 unspecified atom stereocenters. The molecule has 1 N–H and O–H groups in total. The number of aromatic nitrogens is 2. The minimum atomic E-state index is -0.330. The van der Waals surface area contributed by atoms with Gasteiger partial charge in [0.2, 0.25) is 5.91 Å². The van der Waals surface area contributed by atoms with Gasteiger partial charge in [-0.05, 0) is 88.1 Å². The first-order chi connectivity index (χ1) is 15.3. The minimum absolute atomic E-state index is 0.0465. The van der Waals surface area contributed by atoms with Gasteiger partial charge in [-0.1, -0.05) is 6.58 Å². The Morgan fingerprint density at radius 3 is 2.72 bits per heavy atom. The van der Waals surface area contributed by atoms with Crippen molar-refractivity contribution in [2.45, 2.75) is 75.0 Å². The normalized spacial score (nSPS) is 24.1. The van der Waals surface area contributed by atoms with Crippen molar-refractivity contribution in [2.75, 3.05) is 6.54 Å². The molecule has 1 aromatic carbocycles. The van der Waals surface area contributed by atoms with Crippen molar-refractivity contribution in [1.82, 2.24) is 18.8 Å². The quantitative estimate of drug-likeness (QED) is 0.514. The van der Waals surface area contributed by atoms with E-state index in [1.807, 2.05) is 25.1 Å². The van der Waals surface area contributed by atoms with Crippen molar-refractivity contribution in [3.63, 3.8) is 0 Å². The Kier molecular flexibility index (Phi) is 5.33. The van der Waals surface area contributed by atoms with Gasteiger partial charge >= 0.3 is 5.69 Å². The van der Waals surface area contributed by atoms with E-state index in [4.69, 9.17) is 0 Å². The molecule has 2 saturated carbocycles. The van der Waals surface area contributed by atoms with Crippen LogP contribution in [-0.2, 0) is 11.3 Å². The van der Waals surface area contributed by atoms with Crippen LogP contribution in [0.5, 0.6) is 0 Å². The zero-order chi connectivity index (χ0) is 22.6. The number of fused-ring (bicyclic) bond motifs is 1. The number of benzene rings is 1. The van der Waals surface area contributed by atoms with Crippen molar-refractivity contribution in [3.05, 3.63) is 51.7 Å². The van der Waals surface area contributed by atoms with Gasteiger partial charge in [-0.25, -0.2) is 4.79 Å². The third-order valence-electron chi connectivity index (χ3n) is 7.07. The maximum Gasteiger partial charge on any atom is 0.331 e. The van der Waals surface area contributed by atoms with Gasteiger partial charge < -0.3 is 4.90 Å². The van der Waals surface area contributed by atoms with Crippen molar-refractivity contribution < 1.29 is 4.79 Å². The summed E-state index contributed by atoms with van der Waals surface area (Å²) in [5.74, 6) is 0.333. The summed E-state index contributed by atoms with van der Waals surface area (Å²) < 4.78 is 6.67. The summed E-state index contributed by atoms with van der Waals surface area (Å²) in [5, 5.41) is 0.569. The van der Waals surface area contributed by atoms with Crippen molar-refractivity contribution >= 4 is 28.8 Å². The number of carbonyl (C=O) groups excluding carboxylic acids is 1. The van der Waals surface area contributed by atoms with E-state index in [0.717, 1.165) is 30.6 Å². The van der Waals surface area contributed by atoms with Gasteiger partial charge in [0.1, 0.15) is 0 Å². The summed E-state index contributed by atoms with van der Waals surface area (Å²) >= 11 is 1.55. The average molecular weight is 455 g/mol. The molecule has 8 heteroatoms. The Morgan fingerprint density at radius 2 is 2.06 bits per heavy atom. The Morgan fingerprint density at radius 1 is 1.31 bits per heavy atom. The molecule has 3 fully saturated rings. The lowest BCUT2D eigenvalue weighted by Crippen LogP contribution is -2.43. The summed E-state index contributed by atoms with van der Waals surface area (Å²) in [6.07, 6.45) is 6.42. The monoisotopic (exact) mass is 454 g/mol. The first kappa shape index (κ1) is 21.5. The van der Waals surface area contributed by atoms with E-state index < -0.39 is 0 Å². The number of rotatable bonds is 7. The highest BCUT2D eigenvalue weighted by molar-refractivity contribution is 7.97. The third kappa shape index (κ3) is 3.94. The number of nitrogens with zero attached hydrogens (tertiary/aromatic N) is 3. The molecule has 1 aromatic heterocycles. The van der Waals surface area contributed by atoms with Crippen molar-refractivity contribution in [2.24, 2.45) is 5.92 Å². The molecular weight excluding hydrogens is 424 g/mol. The minimum Gasteiger partial charge on any atom is -0.334 e. The molecule has 2 atom stereocenters. The fourth-order valence-corrected chi connectivity index (χ4v) is 5.46. The SMILES string of the molecule is C=CC(=O)N1CC(n2c(=O)c3cc(SNC4(C)CC4)ccc3n(CC3CC3)c2=O)CC1C. The van der Waals surface area contributed by atoms with Crippen LogP contribution >= 0.6 is 11.9 Å². The molecule has 7 nitrogen and oxygen atoms in total. The molecule has 1 amide bonds. The highest BCUT2D eigenvalue weighted by Gasteiger charge is 2.37. The molecule has 1 saturated heterocycles. The average Bonchev–Trinajstić information content (AvgIpc) is 3.70. The molecule has 5 rings (SSSR count). The van der Waals surface area contributed by atoms with Crippen molar-refractivity contribution in [1.29, 1.82) is 0 Å². The van der Waals surface area contributed by atoms with Gasteiger partial charge in [-0.2, -0.15) is 0 Å². The maximum absolute atomic E-state index is 13.6. The molecular formula is C24H30N4O3S. The summed E-state index contributed by atoms with van der Waals surface area (Å²) in [6, 6.07) is 5.43. The van der Waals surface area contributed by atoms with E-state index in [0.29, 0.717) is 36.3 Å². The molecule has 0 radical (unpaired) electrons. The molecule has 170 valence electrons. The van der Waals surface area contributed by atoms with Crippen LogP contribution < -0.4 is 16.0 Å². The molecule has 32 heavy (non-hydrogen) atoms. The third-order valence-corrected chi connectivity index (χ3v) is 8.16. The molecule has 0 spiro atoms. The van der Waals surface area contributed by atoms with E-state index in [9.17, 15) is 14.4 Å². The topological polar surface area (TPSA) is 76.3 Å². The van der Waals surface area contributed by atoms with E-state index in [1.54, 1.807) is 21.4 Å². The second kappa shape index (κ2) is 7.92. The standard InChI is InChI=1S/C24H30N4O3S/c1-4-21(29)26-14-17(11-15(26)2)28-22(30)19-12-18(32-25-24(3)9-10-24)7-8-20(19)27(23(28)31)13-16-5-6-16/h4,7-8,12,15-17,25H,1,5-6,9-11,13-14H2,2-3H3. The van der Waals surface area contributed by atoms with Gasteiger partial charge in [-0.15, -0.1) is 0 Å². The van der Waals surface area contributed by atoms with Crippen LogP contribution in [0.15, 0.2) is 45.3 Å². The Hall–Kier alpha value is -2.32. The Labute approximate surface area is 191 Å². The van der Waals surface area contributed by atoms with Crippen LogP contribution in [0.4, 0.5) is 0 Å². The maximum atomic E-state index is 13.6. The Bertz CT molecular complexity index is 1210. The van der Waals surface area contributed by atoms with Gasteiger partial charge in [0, 0.05) is 29.6 Å². The number of carbonyl (C=O) groups is 1. The van der Waals surface area contributed by atoms with Crippen LogP contribution in [0.2, 0.25) is 0 Å². The number of nitrogens with one attached hydrogen (secondary N) is 1. The first-order valence-corrected chi connectivity index (χ1v) is 12.3. The lowest BCUT2D eigenvalue weighted by Gasteiger charge is -2.20. The zero-order valence-electron chi connectivity index (χ0n) is 18.7. The molecule has 0 bridgehead atoms. The first-order valence-electron chi connectivity index (χ1n) is 11.5. The highest BCUT2D eigenvalue weighted by atomic mass is 32.2. The largest absolute Gasteiger partial charge is 0.334 e. The number of hydrogen-bond donors (Lipinski definition) is 1. The zero-order valence-corrected chi connectivity index (χ0v) is 19.5. The lowest BCUT2D eigenvalue weighted by molar-refractivity contribution is -0.126. The number of likely N-dealkylation sites (tertiary alicyclic amines) is 1.